The standard InChI is InChI=1S/C20H25N3O/c24-20(12-19-11-15-6-7-16(19)10-15)21-13-17-4-1-2-5-18(17)14-23-9-3-8-22-23/h1-5,8-9,15-16,19H,6-7,10-14H2,(H,21,24)/t15-,16-,19+/m0/s1. The summed E-state index contributed by atoms with van der Waals surface area (Å²) in [5, 5.41) is 7.40. The topological polar surface area (TPSA) is 46.9 Å². The summed E-state index contributed by atoms with van der Waals surface area (Å²) < 4.78 is 1.91. The highest BCUT2D eigenvalue weighted by atomic mass is 16.1. The number of amides is 1. The number of aromatic nitrogens is 2. The van der Waals surface area contributed by atoms with E-state index in [0.717, 1.165) is 18.4 Å². The van der Waals surface area contributed by atoms with Crippen LogP contribution in [0.4, 0.5) is 0 Å². The number of nitrogens with zero attached hydrogens (tertiary/aromatic N) is 2. The number of hydrogen-bond donors (Lipinski definition) is 1. The molecule has 2 bridgehead atoms. The fourth-order valence-corrected chi connectivity index (χ4v) is 4.58. The normalized spacial score (nSPS) is 25.1. The maximum Gasteiger partial charge on any atom is 0.220 e. The van der Waals surface area contributed by atoms with Gasteiger partial charge in [0.2, 0.25) is 5.91 Å². The fraction of sp³-hybridized carbons (Fsp3) is 0.500. The van der Waals surface area contributed by atoms with Crippen LogP contribution < -0.4 is 5.32 Å². The number of carbonyl (C=O) groups excluding carboxylic acids is 1. The second-order valence-electron chi connectivity index (χ2n) is 7.39. The van der Waals surface area contributed by atoms with Gasteiger partial charge in [0.25, 0.3) is 0 Å². The first-order chi connectivity index (χ1) is 11.8. The zero-order chi connectivity index (χ0) is 16.4. The van der Waals surface area contributed by atoms with E-state index in [1.165, 1.54) is 36.8 Å². The summed E-state index contributed by atoms with van der Waals surface area (Å²) in [6, 6.07) is 10.2. The number of carbonyl (C=O) groups is 1. The Balaban J connectivity index is 1.33. The summed E-state index contributed by atoms with van der Waals surface area (Å²) in [4.78, 5) is 12.3. The van der Waals surface area contributed by atoms with E-state index in [-0.39, 0.29) is 5.91 Å². The Labute approximate surface area is 143 Å². The Bertz CT molecular complexity index is 695. The molecule has 3 atom stereocenters. The summed E-state index contributed by atoms with van der Waals surface area (Å²) in [5.41, 5.74) is 2.38. The zero-order valence-electron chi connectivity index (χ0n) is 14.0. The molecule has 1 amide bonds. The van der Waals surface area contributed by atoms with E-state index < -0.39 is 0 Å². The quantitative estimate of drug-likeness (QED) is 0.886. The molecule has 2 saturated carbocycles. The number of nitrogens with one attached hydrogen (secondary N) is 1. The summed E-state index contributed by atoms with van der Waals surface area (Å²) in [5.74, 6) is 2.56. The molecule has 2 aliphatic carbocycles. The second-order valence-corrected chi connectivity index (χ2v) is 7.39. The molecule has 4 nitrogen and oxygen atoms in total. The molecule has 126 valence electrons. The number of fused-ring (bicyclic) bond motifs is 2. The van der Waals surface area contributed by atoms with E-state index in [1.807, 2.05) is 29.1 Å². The minimum Gasteiger partial charge on any atom is -0.352 e. The molecule has 0 spiro atoms. The third-order valence-corrected chi connectivity index (χ3v) is 5.82. The van der Waals surface area contributed by atoms with Crippen LogP contribution >= 0.6 is 0 Å². The van der Waals surface area contributed by atoms with Crippen molar-refractivity contribution in [1.82, 2.24) is 15.1 Å². The van der Waals surface area contributed by atoms with E-state index in [1.54, 1.807) is 6.20 Å². The molecule has 2 aromatic rings. The molecule has 1 N–H and O–H groups in total. The third-order valence-electron chi connectivity index (χ3n) is 5.82. The molecule has 4 heteroatoms. The van der Waals surface area contributed by atoms with Crippen molar-refractivity contribution < 1.29 is 4.79 Å². The number of benzene rings is 1. The van der Waals surface area contributed by atoms with Gasteiger partial charge in [-0.2, -0.15) is 5.10 Å². The zero-order valence-corrected chi connectivity index (χ0v) is 14.0. The molecule has 0 saturated heterocycles. The highest BCUT2D eigenvalue weighted by Crippen LogP contribution is 2.49. The summed E-state index contributed by atoms with van der Waals surface area (Å²) in [7, 11) is 0. The fourth-order valence-electron chi connectivity index (χ4n) is 4.58. The van der Waals surface area contributed by atoms with Gasteiger partial charge < -0.3 is 5.32 Å². The van der Waals surface area contributed by atoms with Gasteiger partial charge in [0.15, 0.2) is 0 Å². The van der Waals surface area contributed by atoms with E-state index >= 15 is 0 Å². The first-order valence-electron chi connectivity index (χ1n) is 9.09. The third kappa shape index (κ3) is 3.37. The van der Waals surface area contributed by atoms with Gasteiger partial charge in [-0.05, 0) is 54.2 Å². The first kappa shape index (κ1) is 15.4. The van der Waals surface area contributed by atoms with Crippen molar-refractivity contribution in [2.75, 3.05) is 0 Å². The minimum absolute atomic E-state index is 0.210. The van der Waals surface area contributed by atoms with Crippen LogP contribution in [0.5, 0.6) is 0 Å². The van der Waals surface area contributed by atoms with Gasteiger partial charge in [0, 0.05) is 25.4 Å². The molecule has 0 unspecified atom stereocenters. The Kier molecular flexibility index (Phi) is 4.37. The number of hydrogen-bond acceptors (Lipinski definition) is 2. The van der Waals surface area contributed by atoms with Gasteiger partial charge in [-0.25, -0.2) is 0 Å². The highest BCUT2D eigenvalue weighted by molar-refractivity contribution is 5.76. The van der Waals surface area contributed by atoms with Crippen molar-refractivity contribution in [3.05, 3.63) is 53.9 Å². The van der Waals surface area contributed by atoms with E-state index in [2.05, 4.69) is 22.5 Å². The molecule has 0 aliphatic heterocycles. The van der Waals surface area contributed by atoms with Gasteiger partial charge in [-0.15, -0.1) is 0 Å². The van der Waals surface area contributed by atoms with Crippen LogP contribution in [0, 0.1) is 17.8 Å². The van der Waals surface area contributed by atoms with Crippen molar-refractivity contribution in [2.45, 2.75) is 45.2 Å². The Hall–Kier alpha value is -2.10. The maximum atomic E-state index is 12.3. The Morgan fingerprint density at radius 1 is 1.17 bits per heavy atom. The molecular formula is C20H25N3O. The molecule has 2 aliphatic rings. The average molecular weight is 323 g/mol. The molecule has 0 radical (unpaired) electrons. The van der Waals surface area contributed by atoms with Gasteiger partial charge in [-0.3, -0.25) is 9.48 Å². The lowest BCUT2D eigenvalue weighted by Gasteiger charge is -2.21. The highest BCUT2D eigenvalue weighted by Gasteiger charge is 2.39. The molecule has 1 heterocycles. The lowest BCUT2D eigenvalue weighted by Crippen LogP contribution is -2.27. The largest absolute Gasteiger partial charge is 0.352 e. The van der Waals surface area contributed by atoms with Gasteiger partial charge in [0.05, 0.1) is 6.54 Å². The van der Waals surface area contributed by atoms with Crippen molar-refractivity contribution in [3.8, 4) is 0 Å². The second kappa shape index (κ2) is 6.80. The average Bonchev–Trinajstić information content (AvgIpc) is 3.32. The van der Waals surface area contributed by atoms with Crippen molar-refractivity contribution in [1.29, 1.82) is 0 Å². The van der Waals surface area contributed by atoms with Crippen molar-refractivity contribution in [3.63, 3.8) is 0 Å². The van der Waals surface area contributed by atoms with E-state index in [4.69, 9.17) is 0 Å². The smallest absolute Gasteiger partial charge is 0.220 e. The molecule has 1 aromatic carbocycles. The maximum absolute atomic E-state index is 12.3. The van der Waals surface area contributed by atoms with Crippen LogP contribution in [0.1, 0.15) is 43.2 Å². The Morgan fingerprint density at radius 3 is 2.75 bits per heavy atom. The molecular weight excluding hydrogens is 298 g/mol. The van der Waals surface area contributed by atoms with Crippen molar-refractivity contribution >= 4 is 5.91 Å². The van der Waals surface area contributed by atoms with Crippen molar-refractivity contribution in [2.24, 2.45) is 17.8 Å². The summed E-state index contributed by atoms with van der Waals surface area (Å²) in [6.45, 7) is 1.35. The van der Waals surface area contributed by atoms with Crippen LogP contribution in [0.2, 0.25) is 0 Å². The van der Waals surface area contributed by atoms with Crippen LogP contribution in [-0.2, 0) is 17.9 Å². The lowest BCUT2D eigenvalue weighted by molar-refractivity contribution is -0.122. The monoisotopic (exact) mass is 323 g/mol. The van der Waals surface area contributed by atoms with Gasteiger partial charge in [0.1, 0.15) is 0 Å². The van der Waals surface area contributed by atoms with E-state index in [0.29, 0.717) is 18.9 Å². The lowest BCUT2D eigenvalue weighted by atomic mass is 9.86. The van der Waals surface area contributed by atoms with Crippen LogP contribution in [0.3, 0.4) is 0 Å². The van der Waals surface area contributed by atoms with Crippen LogP contribution in [0.15, 0.2) is 42.7 Å². The van der Waals surface area contributed by atoms with E-state index in [9.17, 15) is 4.79 Å². The first-order valence-corrected chi connectivity index (χ1v) is 9.09. The predicted molar refractivity (Wildman–Crippen MR) is 93.2 cm³/mol. The summed E-state index contributed by atoms with van der Waals surface area (Å²) >= 11 is 0. The molecule has 4 rings (SSSR count). The minimum atomic E-state index is 0.210. The molecule has 24 heavy (non-hydrogen) atoms. The van der Waals surface area contributed by atoms with Crippen LogP contribution in [0.25, 0.3) is 0 Å². The molecule has 2 fully saturated rings. The van der Waals surface area contributed by atoms with Gasteiger partial charge >= 0.3 is 0 Å². The van der Waals surface area contributed by atoms with Gasteiger partial charge in [-0.1, -0.05) is 30.7 Å². The Morgan fingerprint density at radius 2 is 2.04 bits per heavy atom. The number of rotatable bonds is 6. The van der Waals surface area contributed by atoms with Crippen LogP contribution in [-0.4, -0.2) is 15.7 Å². The molecule has 1 aromatic heterocycles. The summed E-state index contributed by atoms with van der Waals surface area (Å²) in [6.07, 6.45) is 9.84. The predicted octanol–water partition coefficient (Wildman–Crippen LogP) is 3.37. The SMILES string of the molecule is O=C(C[C@H]1C[C@H]2CC[C@H]1C2)NCc1ccccc1Cn1cccn1.